The van der Waals surface area contributed by atoms with Crippen molar-refractivity contribution in [3.8, 4) is 0 Å². The lowest BCUT2D eigenvalue weighted by Gasteiger charge is -2.26. The van der Waals surface area contributed by atoms with Gasteiger partial charge in [0.05, 0.1) is 6.04 Å². The van der Waals surface area contributed by atoms with Gasteiger partial charge in [0.15, 0.2) is 0 Å². The molecule has 6 heteroatoms. The van der Waals surface area contributed by atoms with Crippen LogP contribution in [0.5, 0.6) is 0 Å². The lowest BCUT2D eigenvalue weighted by Crippen LogP contribution is -2.38. The van der Waals surface area contributed by atoms with E-state index in [0.717, 1.165) is 23.6 Å². The number of carbonyl (C=O) groups excluding carboxylic acids is 1. The minimum absolute atomic E-state index is 0.0808. The van der Waals surface area contributed by atoms with Crippen molar-refractivity contribution >= 4 is 23.6 Å². The van der Waals surface area contributed by atoms with E-state index in [1.54, 1.807) is 6.20 Å². The largest absolute Gasteiger partial charge is 0.363 e. The summed E-state index contributed by atoms with van der Waals surface area (Å²) < 4.78 is 0. The predicted molar refractivity (Wildman–Crippen MR) is 98.5 cm³/mol. The number of anilines is 1. The van der Waals surface area contributed by atoms with Gasteiger partial charge in [0.2, 0.25) is 0 Å². The molecule has 1 aliphatic heterocycles. The fourth-order valence-corrected chi connectivity index (χ4v) is 3.82. The summed E-state index contributed by atoms with van der Waals surface area (Å²) in [7, 11) is 3.90. The van der Waals surface area contributed by atoms with E-state index >= 15 is 0 Å². The molecule has 0 saturated heterocycles. The molecule has 0 aliphatic carbocycles. The van der Waals surface area contributed by atoms with Crippen LogP contribution >= 0.6 is 11.8 Å². The first-order chi connectivity index (χ1) is 11.6. The Morgan fingerprint density at radius 1 is 1.33 bits per heavy atom. The SMILES string of the molecule is CN(C)c1cc(CNC(=O)N[C@H]2CCSc3ccccc32)ccn1. The van der Waals surface area contributed by atoms with Gasteiger partial charge in [-0.05, 0) is 35.7 Å². The molecule has 2 N–H and O–H groups in total. The van der Waals surface area contributed by atoms with E-state index in [4.69, 9.17) is 0 Å². The van der Waals surface area contributed by atoms with Crippen LogP contribution in [0.1, 0.15) is 23.6 Å². The van der Waals surface area contributed by atoms with Crippen LogP contribution < -0.4 is 15.5 Å². The van der Waals surface area contributed by atoms with Gasteiger partial charge in [-0.3, -0.25) is 0 Å². The Bertz CT molecular complexity index is 720. The molecular formula is C18H22N4OS. The summed E-state index contributed by atoms with van der Waals surface area (Å²) >= 11 is 1.85. The van der Waals surface area contributed by atoms with Gasteiger partial charge in [-0.25, -0.2) is 9.78 Å². The number of nitrogens with zero attached hydrogens (tertiary/aromatic N) is 2. The summed E-state index contributed by atoms with van der Waals surface area (Å²) in [6.45, 7) is 0.484. The summed E-state index contributed by atoms with van der Waals surface area (Å²) in [6, 6.07) is 12.1. The number of urea groups is 1. The van der Waals surface area contributed by atoms with Crippen molar-refractivity contribution < 1.29 is 4.79 Å². The second kappa shape index (κ2) is 7.57. The Morgan fingerprint density at radius 2 is 2.17 bits per heavy atom. The molecule has 1 aromatic heterocycles. The third-order valence-corrected chi connectivity index (χ3v) is 5.11. The number of pyridine rings is 1. The number of thioether (sulfide) groups is 1. The Labute approximate surface area is 146 Å². The van der Waals surface area contributed by atoms with Crippen molar-refractivity contribution in [1.29, 1.82) is 0 Å². The number of fused-ring (bicyclic) bond motifs is 1. The molecule has 2 amide bonds. The molecule has 5 nitrogen and oxygen atoms in total. The number of hydrogen-bond donors (Lipinski definition) is 2. The molecule has 126 valence electrons. The maximum atomic E-state index is 12.3. The third kappa shape index (κ3) is 4.00. The highest BCUT2D eigenvalue weighted by Gasteiger charge is 2.21. The van der Waals surface area contributed by atoms with E-state index in [1.807, 2.05) is 55.0 Å². The van der Waals surface area contributed by atoms with Gasteiger partial charge >= 0.3 is 6.03 Å². The molecule has 2 heterocycles. The predicted octanol–water partition coefficient (Wildman–Crippen LogP) is 3.18. The summed E-state index contributed by atoms with van der Waals surface area (Å²) in [5, 5.41) is 6.03. The molecule has 1 aromatic carbocycles. The van der Waals surface area contributed by atoms with Crippen molar-refractivity contribution in [2.75, 3.05) is 24.7 Å². The maximum Gasteiger partial charge on any atom is 0.315 e. The molecule has 0 radical (unpaired) electrons. The van der Waals surface area contributed by atoms with Crippen LogP contribution in [0, 0.1) is 0 Å². The van der Waals surface area contributed by atoms with Gasteiger partial charge in [0.1, 0.15) is 5.82 Å². The Balaban J connectivity index is 1.58. The first-order valence-corrected chi connectivity index (χ1v) is 9.00. The Kier molecular flexibility index (Phi) is 5.25. The number of aromatic nitrogens is 1. The smallest absolute Gasteiger partial charge is 0.315 e. The highest BCUT2D eigenvalue weighted by molar-refractivity contribution is 7.99. The van der Waals surface area contributed by atoms with Crippen LogP contribution in [-0.4, -0.2) is 30.9 Å². The van der Waals surface area contributed by atoms with E-state index in [1.165, 1.54) is 10.5 Å². The van der Waals surface area contributed by atoms with Crippen LogP contribution in [0.3, 0.4) is 0 Å². The van der Waals surface area contributed by atoms with E-state index in [9.17, 15) is 4.79 Å². The highest BCUT2D eigenvalue weighted by atomic mass is 32.2. The summed E-state index contributed by atoms with van der Waals surface area (Å²) in [4.78, 5) is 19.7. The van der Waals surface area contributed by atoms with Crippen molar-refractivity contribution in [3.05, 3.63) is 53.7 Å². The lowest BCUT2D eigenvalue weighted by molar-refractivity contribution is 0.236. The standard InChI is InChI=1S/C18H22N4OS/c1-22(2)17-11-13(7-9-19-17)12-20-18(23)21-15-8-10-24-16-6-4-3-5-14(15)16/h3-7,9,11,15H,8,10,12H2,1-2H3,(H2,20,21,23)/t15-/m0/s1. The van der Waals surface area contributed by atoms with Crippen LogP contribution in [0.15, 0.2) is 47.5 Å². The fourth-order valence-electron chi connectivity index (χ4n) is 2.70. The number of carbonyl (C=O) groups is 1. The van der Waals surface area contributed by atoms with Crippen LogP contribution in [-0.2, 0) is 6.54 Å². The molecule has 0 spiro atoms. The van der Waals surface area contributed by atoms with Gasteiger partial charge in [-0.15, -0.1) is 11.8 Å². The number of amides is 2. The molecule has 1 atom stereocenters. The first-order valence-electron chi connectivity index (χ1n) is 8.02. The molecule has 0 saturated carbocycles. The number of nitrogens with one attached hydrogen (secondary N) is 2. The lowest BCUT2D eigenvalue weighted by atomic mass is 10.0. The molecule has 3 rings (SSSR count). The second-order valence-electron chi connectivity index (χ2n) is 5.97. The summed E-state index contributed by atoms with van der Waals surface area (Å²) in [5.74, 6) is 1.91. The zero-order valence-electron chi connectivity index (χ0n) is 14.0. The molecule has 24 heavy (non-hydrogen) atoms. The molecule has 0 bridgehead atoms. The van der Waals surface area contributed by atoms with E-state index in [2.05, 4.69) is 27.8 Å². The van der Waals surface area contributed by atoms with Gasteiger partial charge in [0, 0.05) is 37.5 Å². The van der Waals surface area contributed by atoms with Gasteiger partial charge in [0.25, 0.3) is 0 Å². The number of hydrogen-bond acceptors (Lipinski definition) is 4. The minimum atomic E-state index is -0.134. The van der Waals surface area contributed by atoms with Crippen molar-refractivity contribution in [2.24, 2.45) is 0 Å². The zero-order chi connectivity index (χ0) is 16.9. The second-order valence-corrected chi connectivity index (χ2v) is 7.11. The Morgan fingerprint density at radius 3 is 3.00 bits per heavy atom. The van der Waals surface area contributed by atoms with Crippen LogP contribution in [0.2, 0.25) is 0 Å². The molecule has 0 fully saturated rings. The zero-order valence-corrected chi connectivity index (χ0v) is 14.8. The topological polar surface area (TPSA) is 57.3 Å². The van der Waals surface area contributed by atoms with E-state index < -0.39 is 0 Å². The quantitative estimate of drug-likeness (QED) is 0.896. The van der Waals surface area contributed by atoms with Crippen LogP contribution in [0.4, 0.5) is 10.6 Å². The average molecular weight is 342 g/mol. The number of rotatable bonds is 4. The normalized spacial score (nSPS) is 16.2. The molecule has 2 aromatic rings. The van der Waals surface area contributed by atoms with Crippen molar-refractivity contribution in [1.82, 2.24) is 15.6 Å². The first kappa shape index (κ1) is 16.6. The number of benzene rings is 1. The molecule has 1 aliphatic rings. The molecule has 0 unspecified atom stereocenters. The van der Waals surface area contributed by atoms with Gasteiger partial charge in [-0.2, -0.15) is 0 Å². The van der Waals surface area contributed by atoms with Crippen molar-refractivity contribution in [2.45, 2.75) is 23.9 Å². The van der Waals surface area contributed by atoms with E-state index in [0.29, 0.717) is 6.54 Å². The van der Waals surface area contributed by atoms with Gasteiger partial charge < -0.3 is 15.5 Å². The van der Waals surface area contributed by atoms with Crippen LogP contribution in [0.25, 0.3) is 0 Å². The highest BCUT2D eigenvalue weighted by Crippen LogP contribution is 2.35. The monoisotopic (exact) mass is 342 g/mol. The molecular weight excluding hydrogens is 320 g/mol. The third-order valence-electron chi connectivity index (χ3n) is 3.99. The fraction of sp³-hybridized carbons (Fsp3) is 0.333. The minimum Gasteiger partial charge on any atom is -0.363 e. The Hall–Kier alpha value is -2.21. The maximum absolute atomic E-state index is 12.3. The summed E-state index contributed by atoms with van der Waals surface area (Å²) in [5.41, 5.74) is 2.24. The average Bonchev–Trinajstić information content (AvgIpc) is 2.60. The van der Waals surface area contributed by atoms with Gasteiger partial charge in [-0.1, -0.05) is 18.2 Å². The van der Waals surface area contributed by atoms with Crippen molar-refractivity contribution in [3.63, 3.8) is 0 Å². The summed E-state index contributed by atoms with van der Waals surface area (Å²) in [6.07, 6.45) is 2.72. The van der Waals surface area contributed by atoms with E-state index in [-0.39, 0.29) is 12.1 Å².